The molecule has 0 N–H and O–H groups in total. The van der Waals surface area contributed by atoms with E-state index in [0.29, 0.717) is 33.7 Å². The molecule has 9 nitrogen and oxygen atoms in total. The van der Waals surface area contributed by atoms with Crippen molar-refractivity contribution in [1.82, 2.24) is 25.0 Å². The number of aromatic nitrogens is 5. The van der Waals surface area contributed by atoms with Crippen LogP contribution in [0.5, 0.6) is 5.88 Å². The first kappa shape index (κ1) is 18.3. The van der Waals surface area contributed by atoms with Crippen molar-refractivity contribution in [3.63, 3.8) is 0 Å². The van der Waals surface area contributed by atoms with E-state index in [-0.39, 0.29) is 10.8 Å². The molecule has 0 amide bonds. The van der Waals surface area contributed by atoms with Crippen LogP contribution in [-0.4, -0.2) is 33.4 Å². The molecule has 0 unspecified atom stereocenters. The molecule has 0 saturated carbocycles. The van der Waals surface area contributed by atoms with Gasteiger partial charge in [-0.3, -0.25) is 0 Å². The van der Waals surface area contributed by atoms with Crippen molar-refractivity contribution in [1.29, 1.82) is 0 Å². The maximum absolute atomic E-state index is 12.9. The Morgan fingerprint density at radius 1 is 1.03 bits per heavy atom. The molecule has 30 heavy (non-hydrogen) atoms. The fraction of sp³-hybridized carbons (Fsp3) is 0.100. The van der Waals surface area contributed by atoms with Crippen LogP contribution in [0.15, 0.2) is 64.0 Å². The minimum absolute atomic E-state index is 0.0397. The highest BCUT2D eigenvalue weighted by Gasteiger charge is 2.23. The van der Waals surface area contributed by atoms with E-state index in [1.807, 2.05) is 13.0 Å². The monoisotopic (exact) mass is 421 g/mol. The largest absolute Gasteiger partial charge is 0.361 e. The Morgan fingerprint density at radius 3 is 2.53 bits per heavy atom. The van der Waals surface area contributed by atoms with Crippen LogP contribution in [0.2, 0.25) is 0 Å². The number of rotatable bonds is 4. The summed E-state index contributed by atoms with van der Waals surface area (Å²) in [5.41, 5.74) is 2.64. The minimum Gasteiger partial charge on any atom is -0.361 e. The number of hydrogen-bond acceptors (Lipinski definition) is 8. The van der Waals surface area contributed by atoms with E-state index < -0.39 is 10.1 Å². The smallest absolute Gasteiger partial charge is 0.340 e. The second-order valence-corrected chi connectivity index (χ2v) is 8.33. The molecular weight excluding hydrogens is 406 g/mol. The second-order valence-electron chi connectivity index (χ2n) is 6.78. The van der Waals surface area contributed by atoms with Gasteiger partial charge in [0.25, 0.3) is 0 Å². The van der Waals surface area contributed by atoms with Gasteiger partial charge < -0.3 is 8.71 Å². The van der Waals surface area contributed by atoms with Crippen molar-refractivity contribution in [2.45, 2.75) is 18.7 Å². The first-order chi connectivity index (χ1) is 14.4. The molecule has 0 bridgehead atoms. The summed E-state index contributed by atoms with van der Waals surface area (Å²) < 4.78 is 37.8. The molecule has 3 heterocycles. The van der Waals surface area contributed by atoms with Gasteiger partial charge in [0.2, 0.25) is 5.88 Å². The van der Waals surface area contributed by atoms with E-state index in [2.05, 4.69) is 20.5 Å². The van der Waals surface area contributed by atoms with Gasteiger partial charge in [-0.25, -0.2) is 0 Å². The predicted octanol–water partition coefficient (Wildman–Crippen LogP) is 3.32. The van der Waals surface area contributed by atoms with E-state index in [0.717, 1.165) is 5.56 Å². The van der Waals surface area contributed by atoms with Gasteiger partial charge in [0.1, 0.15) is 16.3 Å². The predicted molar refractivity (Wildman–Crippen MR) is 108 cm³/mol. The summed E-state index contributed by atoms with van der Waals surface area (Å²) in [5.74, 6) is 0.535. The van der Waals surface area contributed by atoms with Crippen molar-refractivity contribution in [2.75, 3.05) is 0 Å². The lowest BCUT2D eigenvalue weighted by molar-refractivity contribution is 0.399. The highest BCUT2D eigenvalue weighted by Crippen LogP contribution is 2.30. The topological polar surface area (TPSA) is 112 Å². The van der Waals surface area contributed by atoms with Crippen molar-refractivity contribution >= 4 is 26.7 Å². The molecule has 0 radical (unpaired) electrons. The molecule has 5 rings (SSSR count). The molecule has 3 aromatic heterocycles. The third kappa shape index (κ3) is 2.98. The Balaban J connectivity index is 1.71. The standard InChI is InChI=1S/C20H15N5O4S/c1-12-7-9-14(10-8-12)30(26,27)29-20-15-5-3-4-6-17(15)25-19(21-20)18(22-24-25)16-11-13(2)28-23-16/h3-11H,1-2H3. The molecule has 150 valence electrons. The molecule has 2 aromatic carbocycles. The molecule has 0 atom stereocenters. The first-order valence-corrected chi connectivity index (χ1v) is 10.4. The molecular formula is C20H15N5O4S. The lowest BCUT2D eigenvalue weighted by atomic mass is 10.2. The molecule has 0 fully saturated rings. The Hall–Kier alpha value is -3.79. The zero-order chi connectivity index (χ0) is 20.9. The molecule has 0 aliphatic rings. The average Bonchev–Trinajstić information content (AvgIpc) is 3.34. The summed E-state index contributed by atoms with van der Waals surface area (Å²) in [6.45, 7) is 3.63. The van der Waals surface area contributed by atoms with Crippen LogP contribution in [0.25, 0.3) is 27.9 Å². The Morgan fingerprint density at radius 2 is 1.80 bits per heavy atom. The molecule has 10 heteroatoms. The Kier molecular flexibility index (Phi) is 4.03. The second kappa shape index (κ2) is 6.63. The Bertz CT molecular complexity index is 1500. The Labute approximate surface area is 171 Å². The molecule has 0 spiro atoms. The third-order valence-electron chi connectivity index (χ3n) is 4.59. The van der Waals surface area contributed by atoms with E-state index in [1.165, 1.54) is 16.6 Å². The highest BCUT2D eigenvalue weighted by molar-refractivity contribution is 7.87. The van der Waals surface area contributed by atoms with Gasteiger partial charge in [-0.2, -0.15) is 17.9 Å². The van der Waals surface area contributed by atoms with E-state index in [9.17, 15) is 8.42 Å². The first-order valence-electron chi connectivity index (χ1n) is 9.01. The summed E-state index contributed by atoms with van der Waals surface area (Å²) in [4.78, 5) is 4.47. The summed E-state index contributed by atoms with van der Waals surface area (Å²) in [5, 5.41) is 12.8. The zero-order valence-corrected chi connectivity index (χ0v) is 16.8. The molecule has 0 aliphatic heterocycles. The lowest BCUT2D eigenvalue weighted by Crippen LogP contribution is -2.11. The quantitative estimate of drug-likeness (QED) is 0.406. The van der Waals surface area contributed by atoms with Gasteiger partial charge in [0.05, 0.1) is 10.9 Å². The van der Waals surface area contributed by atoms with E-state index in [1.54, 1.807) is 43.3 Å². The summed E-state index contributed by atoms with van der Waals surface area (Å²) >= 11 is 0. The molecule has 0 aliphatic carbocycles. The van der Waals surface area contributed by atoms with Crippen molar-refractivity contribution in [3.05, 3.63) is 65.9 Å². The van der Waals surface area contributed by atoms with E-state index >= 15 is 0 Å². The number of aryl methyl sites for hydroxylation is 2. The average molecular weight is 421 g/mol. The van der Waals surface area contributed by atoms with Gasteiger partial charge in [0, 0.05) is 6.07 Å². The molecule has 0 saturated heterocycles. The van der Waals surface area contributed by atoms with Crippen LogP contribution in [0.3, 0.4) is 0 Å². The summed E-state index contributed by atoms with van der Waals surface area (Å²) in [7, 11) is -4.09. The fourth-order valence-corrected chi connectivity index (χ4v) is 4.00. The van der Waals surface area contributed by atoms with E-state index in [4.69, 9.17) is 8.71 Å². The SMILES string of the molecule is Cc1ccc(S(=O)(=O)Oc2nc3c(-c4cc(C)on4)nnn3c3ccccc23)cc1. The summed E-state index contributed by atoms with van der Waals surface area (Å²) in [6, 6.07) is 15.2. The van der Waals surface area contributed by atoms with Crippen LogP contribution in [0, 0.1) is 13.8 Å². The maximum Gasteiger partial charge on any atom is 0.340 e. The minimum atomic E-state index is -4.09. The van der Waals surface area contributed by atoms with Gasteiger partial charge in [-0.15, -0.1) is 5.10 Å². The number of nitrogens with zero attached hydrogens (tertiary/aromatic N) is 5. The number of benzene rings is 2. The van der Waals surface area contributed by atoms with Crippen LogP contribution in [0.1, 0.15) is 11.3 Å². The van der Waals surface area contributed by atoms with Crippen molar-refractivity contribution in [3.8, 4) is 17.3 Å². The fourth-order valence-electron chi connectivity index (χ4n) is 3.10. The van der Waals surface area contributed by atoms with Crippen molar-refractivity contribution in [2.24, 2.45) is 0 Å². The van der Waals surface area contributed by atoms with Crippen LogP contribution < -0.4 is 4.18 Å². The maximum atomic E-state index is 12.9. The molecule has 5 aromatic rings. The van der Waals surface area contributed by atoms with Crippen LogP contribution in [-0.2, 0) is 10.1 Å². The number of fused-ring (bicyclic) bond motifs is 3. The van der Waals surface area contributed by atoms with Crippen LogP contribution >= 0.6 is 0 Å². The highest BCUT2D eigenvalue weighted by atomic mass is 32.2. The van der Waals surface area contributed by atoms with Gasteiger partial charge >= 0.3 is 10.1 Å². The van der Waals surface area contributed by atoms with Gasteiger partial charge in [0.15, 0.2) is 11.3 Å². The van der Waals surface area contributed by atoms with Gasteiger partial charge in [-0.1, -0.05) is 40.2 Å². The normalized spacial score (nSPS) is 11.9. The van der Waals surface area contributed by atoms with Crippen LogP contribution in [0.4, 0.5) is 0 Å². The third-order valence-corrected chi connectivity index (χ3v) is 5.81. The summed E-state index contributed by atoms with van der Waals surface area (Å²) in [6.07, 6.45) is 0. The van der Waals surface area contributed by atoms with Crippen molar-refractivity contribution < 1.29 is 17.1 Å². The number of hydrogen-bond donors (Lipinski definition) is 0. The number of para-hydroxylation sites is 1. The van der Waals surface area contributed by atoms with Gasteiger partial charge in [-0.05, 0) is 38.1 Å². The zero-order valence-electron chi connectivity index (χ0n) is 16.0. The lowest BCUT2D eigenvalue weighted by Gasteiger charge is -2.10.